The molecular formula is C25H48N3O11P. The lowest BCUT2D eigenvalue weighted by molar-refractivity contribution is -0.152. The number of hydrogen-bond donors (Lipinski definition) is 1. The molecule has 0 aliphatic carbocycles. The molecule has 0 spiro atoms. The van der Waals surface area contributed by atoms with Gasteiger partial charge < -0.3 is 34.3 Å². The van der Waals surface area contributed by atoms with Crippen molar-refractivity contribution >= 4 is 32.0 Å². The van der Waals surface area contributed by atoms with Crippen LogP contribution in [0.4, 0.5) is 9.59 Å². The zero-order valence-corrected chi connectivity index (χ0v) is 26.4. The zero-order valence-electron chi connectivity index (χ0n) is 25.5. The van der Waals surface area contributed by atoms with Gasteiger partial charge in [-0.2, -0.15) is 0 Å². The maximum absolute atomic E-state index is 14.2. The average Bonchev–Trinajstić information content (AvgIpc) is 2.82. The second kappa shape index (κ2) is 17.3. The molecule has 234 valence electrons. The average molecular weight is 598 g/mol. The number of hydrogen-bond acceptors (Lipinski definition) is 11. The van der Waals surface area contributed by atoms with Crippen LogP contribution in [0.2, 0.25) is 0 Å². The van der Waals surface area contributed by atoms with Crippen LogP contribution in [0.25, 0.3) is 0 Å². The molecule has 0 saturated heterocycles. The van der Waals surface area contributed by atoms with Gasteiger partial charge in [-0.25, -0.2) is 23.2 Å². The Morgan fingerprint density at radius 2 is 1.15 bits per heavy atom. The maximum Gasteiger partial charge on any atom is 0.510 e. The first kappa shape index (κ1) is 37.4. The number of nitrogens with two attached hydrogens (primary N) is 1. The Balaban J connectivity index is 6.41. The molecule has 2 N–H and O–H groups in total. The molecule has 0 aromatic heterocycles. The first-order valence-electron chi connectivity index (χ1n) is 13.2. The molecule has 0 aromatic rings. The van der Waals surface area contributed by atoms with E-state index in [-0.39, 0.29) is 26.4 Å². The molecule has 0 bridgehead atoms. The normalized spacial score (nSPS) is 15.3. The number of carbonyl (C=O) groups excluding carboxylic acids is 3. The van der Waals surface area contributed by atoms with Crippen LogP contribution < -0.4 is 5.73 Å². The second-order valence-corrected chi connectivity index (χ2v) is 12.6. The Labute approximate surface area is 237 Å². The Bertz CT molecular complexity index is 838. The quantitative estimate of drug-likeness (QED) is 0.0652. The smallest absolute Gasteiger partial charge is 0.464 e. The second-order valence-electron chi connectivity index (χ2n) is 11.0. The minimum atomic E-state index is -4.76. The summed E-state index contributed by atoms with van der Waals surface area (Å²) in [5, 5.41) is 0. The van der Waals surface area contributed by atoms with Crippen LogP contribution >= 0.6 is 7.75 Å². The van der Waals surface area contributed by atoms with E-state index < -0.39 is 55.4 Å². The highest BCUT2D eigenvalue weighted by Crippen LogP contribution is 2.56. The maximum atomic E-state index is 14.2. The summed E-state index contributed by atoms with van der Waals surface area (Å²) in [6.45, 7) is 15.4. The molecule has 0 amide bonds. The first-order valence-corrected chi connectivity index (χ1v) is 14.7. The monoisotopic (exact) mass is 597 g/mol. The number of guanidine groups is 1. The molecule has 2 unspecified atom stereocenters. The zero-order chi connectivity index (χ0) is 31.1. The lowest BCUT2D eigenvalue weighted by Gasteiger charge is -2.34. The highest BCUT2D eigenvalue weighted by Gasteiger charge is 2.44. The molecule has 0 rings (SSSR count). The van der Waals surface area contributed by atoms with Crippen LogP contribution in [0.3, 0.4) is 0 Å². The summed E-state index contributed by atoms with van der Waals surface area (Å²) in [6, 6.07) is 0. The largest absolute Gasteiger partial charge is 0.510 e. The lowest BCUT2D eigenvalue weighted by Crippen LogP contribution is -2.40. The van der Waals surface area contributed by atoms with Crippen molar-refractivity contribution in [2.24, 2.45) is 21.3 Å². The molecule has 0 aliphatic rings. The van der Waals surface area contributed by atoms with Gasteiger partial charge in [0.05, 0.1) is 19.8 Å². The fourth-order valence-corrected chi connectivity index (χ4v) is 4.13. The summed E-state index contributed by atoms with van der Waals surface area (Å²) in [6.07, 6.45) is -3.42. The summed E-state index contributed by atoms with van der Waals surface area (Å²) in [5.74, 6) is -1.01. The summed E-state index contributed by atoms with van der Waals surface area (Å²) in [4.78, 5) is 37.7. The van der Waals surface area contributed by atoms with Gasteiger partial charge >= 0.3 is 26.0 Å². The van der Waals surface area contributed by atoms with Crippen molar-refractivity contribution in [1.82, 2.24) is 4.90 Å². The van der Waals surface area contributed by atoms with Gasteiger partial charge in [-0.05, 0) is 19.3 Å². The van der Waals surface area contributed by atoms with Crippen molar-refractivity contribution in [3.05, 3.63) is 0 Å². The van der Waals surface area contributed by atoms with E-state index in [9.17, 15) is 18.9 Å². The van der Waals surface area contributed by atoms with E-state index in [1.54, 1.807) is 55.4 Å². The summed E-state index contributed by atoms with van der Waals surface area (Å²) >= 11 is 0. The topological polar surface area (TPSA) is 175 Å². The molecule has 0 aromatic carbocycles. The molecule has 0 heterocycles. The predicted molar refractivity (Wildman–Crippen MR) is 147 cm³/mol. The molecule has 0 aliphatic heterocycles. The molecule has 15 heteroatoms. The Morgan fingerprint density at radius 1 is 0.775 bits per heavy atom. The van der Waals surface area contributed by atoms with E-state index >= 15 is 0 Å². The third-order valence-corrected chi connectivity index (χ3v) is 5.94. The molecule has 2 atom stereocenters. The molecule has 40 heavy (non-hydrogen) atoms. The molecule has 0 fully saturated rings. The number of carbonyl (C=O) groups is 3. The first-order chi connectivity index (χ1) is 18.4. The van der Waals surface area contributed by atoms with Gasteiger partial charge in [0.2, 0.25) is 18.5 Å². The number of rotatable bonds is 15. The fraction of sp³-hybridized carbons (Fsp3) is 0.840. The standard InChI is InChI=1S/C25H48N3O11P/c1-11-14-33-18(29)17-28(10)21(26)27-40(32,38-19(24(4,5)6)36-22(30)34-15-12-2)39-20(25(7,8)9)37-23(31)35-16-13-3/h19-20H,11-17H2,1-10H3,(H2,26,27,32). The van der Waals surface area contributed by atoms with Crippen molar-refractivity contribution in [2.45, 2.75) is 94.2 Å². The van der Waals surface area contributed by atoms with Crippen molar-refractivity contribution < 1.29 is 51.7 Å². The summed E-state index contributed by atoms with van der Waals surface area (Å²) in [7, 11) is -3.35. The van der Waals surface area contributed by atoms with Gasteiger partial charge in [0.1, 0.15) is 6.54 Å². The van der Waals surface area contributed by atoms with Crippen LogP contribution in [0.1, 0.15) is 81.6 Å². The Hall–Kier alpha value is -2.57. The minimum absolute atomic E-state index is 0.0910. The van der Waals surface area contributed by atoms with E-state index in [1.165, 1.54) is 11.9 Å². The Kier molecular flexibility index (Phi) is 16.2. The van der Waals surface area contributed by atoms with Crippen LogP contribution in [-0.4, -0.2) is 75.1 Å². The van der Waals surface area contributed by atoms with Crippen molar-refractivity contribution in [2.75, 3.05) is 33.4 Å². The van der Waals surface area contributed by atoms with E-state index in [0.29, 0.717) is 19.3 Å². The third kappa shape index (κ3) is 15.3. The van der Waals surface area contributed by atoms with Gasteiger partial charge in [-0.3, -0.25) is 4.79 Å². The molecule has 0 radical (unpaired) electrons. The van der Waals surface area contributed by atoms with Crippen LogP contribution in [0, 0.1) is 10.8 Å². The summed E-state index contributed by atoms with van der Waals surface area (Å²) in [5.41, 5.74) is 4.14. The lowest BCUT2D eigenvalue weighted by atomic mass is 9.96. The highest BCUT2D eigenvalue weighted by molar-refractivity contribution is 7.52. The van der Waals surface area contributed by atoms with Gasteiger partial charge in [0, 0.05) is 17.9 Å². The van der Waals surface area contributed by atoms with E-state index in [1.807, 2.05) is 6.92 Å². The SMILES string of the molecule is CCCOC(=O)CN(C)/C(N)=N/P(=O)(OC(OC(=O)OCCC)C(C)(C)C)OC(OC(=O)OCCC)C(C)(C)C. The van der Waals surface area contributed by atoms with Crippen molar-refractivity contribution in [1.29, 1.82) is 0 Å². The third-order valence-electron chi connectivity index (χ3n) is 4.58. The molecule has 14 nitrogen and oxygen atoms in total. The number of esters is 1. The van der Waals surface area contributed by atoms with Gasteiger partial charge in [0.25, 0.3) is 0 Å². The van der Waals surface area contributed by atoms with Crippen LogP contribution in [0.15, 0.2) is 4.76 Å². The van der Waals surface area contributed by atoms with Gasteiger partial charge in [0.15, 0.2) is 0 Å². The van der Waals surface area contributed by atoms with Crippen LogP contribution in [0.5, 0.6) is 0 Å². The van der Waals surface area contributed by atoms with Gasteiger partial charge in [-0.15, -0.1) is 4.76 Å². The van der Waals surface area contributed by atoms with Crippen LogP contribution in [-0.2, 0) is 42.1 Å². The fourth-order valence-electron chi connectivity index (χ4n) is 2.38. The van der Waals surface area contributed by atoms with E-state index in [4.69, 9.17) is 38.5 Å². The number of likely N-dealkylation sites (N-methyl/N-ethyl adjacent to an activating group) is 1. The number of nitrogens with zero attached hydrogens (tertiary/aromatic N) is 2. The van der Waals surface area contributed by atoms with Crippen molar-refractivity contribution in [3.8, 4) is 0 Å². The van der Waals surface area contributed by atoms with Gasteiger partial charge in [-0.1, -0.05) is 62.3 Å². The van der Waals surface area contributed by atoms with E-state index in [2.05, 4.69) is 4.76 Å². The minimum Gasteiger partial charge on any atom is -0.464 e. The molecular weight excluding hydrogens is 549 g/mol. The molecule has 0 saturated carbocycles. The predicted octanol–water partition coefficient (Wildman–Crippen LogP) is 5.20. The van der Waals surface area contributed by atoms with E-state index in [0.717, 1.165) is 0 Å². The van der Waals surface area contributed by atoms with Crippen molar-refractivity contribution in [3.63, 3.8) is 0 Å². The number of ether oxygens (including phenoxy) is 5. The highest BCUT2D eigenvalue weighted by atomic mass is 31.2. The Morgan fingerprint density at radius 3 is 1.50 bits per heavy atom. The summed E-state index contributed by atoms with van der Waals surface area (Å²) < 4.78 is 55.1.